The zero-order valence-electron chi connectivity index (χ0n) is 10.7. The number of anilines is 2. The fraction of sp³-hybridized carbons (Fsp3) is 0.286. The molecule has 2 aromatic rings. The van der Waals surface area contributed by atoms with E-state index in [0.717, 1.165) is 30.0 Å². The highest BCUT2D eigenvalue weighted by molar-refractivity contribution is 7.13. The van der Waals surface area contributed by atoms with Crippen LogP contribution in [-0.2, 0) is 11.2 Å². The summed E-state index contributed by atoms with van der Waals surface area (Å²) in [5.74, 6) is 0. The molecule has 0 radical (unpaired) electrons. The molecule has 96 valence electrons. The molecule has 3 nitrogen and oxygen atoms in total. The van der Waals surface area contributed by atoms with Crippen molar-refractivity contribution in [2.75, 3.05) is 31.8 Å². The predicted molar refractivity (Wildman–Crippen MR) is 79.3 cm³/mol. The zero-order chi connectivity index (χ0) is 13.0. The van der Waals surface area contributed by atoms with Gasteiger partial charge >= 0.3 is 0 Å². The topological polar surface area (TPSA) is 47.3 Å². The fourth-order valence-electron chi connectivity index (χ4n) is 1.92. The molecular formula is C14H18N2OS. The molecule has 0 unspecified atom stereocenters. The predicted octanol–water partition coefficient (Wildman–Crippen LogP) is 3.23. The Morgan fingerprint density at radius 3 is 2.83 bits per heavy atom. The number of ether oxygens (including phenoxy) is 1. The first-order valence-corrected chi connectivity index (χ1v) is 6.77. The largest absolute Gasteiger partial charge is 0.397 e. The van der Waals surface area contributed by atoms with Crippen LogP contribution in [0.25, 0.3) is 10.4 Å². The summed E-state index contributed by atoms with van der Waals surface area (Å²) < 4.78 is 5.13. The number of thiophene rings is 1. The molecule has 0 saturated heterocycles. The van der Waals surface area contributed by atoms with Gasteiger partial charge in [-0.05, 0) is 35.6 Å². The summed E-state index contributed by atoms with van der Waals surface area (Å²) in [5.41, 5.74) is 10.3. The highest BCUT2D eigenvalue weighted by atomic mass is 32.1. The zero-order valence-corrected chi connectivity index (χ0v) is 11.5. The summed E-state index contributed by atoms with van der Waals surface area (Å²) in [6.45, 7) is 0.719. The van der Waals surface area contributed by atoms with E-state index in [2.05, 4.69) is 28.9 Å². The Hall–Kier alpha value is -1.52. The molecule has 1 aromatic carbocycles. The van der Waals surface area contributed by atoms with Crippen LogP contribution in [0.5, 0.6) is 0 Å². The van der Waals surface area contributed by atoms with Crippen LogP contribution in [0, 0.1) is 0 Å². The van der Waals surface area contributed by atoms with Crippen LogP contribution in [0.3, 0.4) is 0 Å². The van der Waals surface area contributed by atoms with Gasteiger partial charge in [-0.25, -0.2) is 0 Å². The van der Waals surface area contributed by atoms with Gasteiger partial charge in [0, 0.05) is 24.6 Å². The monoisotopic (exact) mass is 262 g/mol. The lowest BCUT2D eigenvalue weighted by Gasteiger charge is -2.13. The van der Waals surface area contributed by atoms with E-state index < -0.39 is 0 Å². The molecule has 2 rings (SSSR count). The number of nitrogens with two attached hydrogens (primary N) is 1. The maximum atomic E-state index is 6.20. The van der Waals surface area contributed by atoms with Crippen LogP contribution < -0.4 is 11.1 Å². The molecule has 0 aliphatic heterocycles. The first-order valence-electron chi connectivity index (χ1n) is 5.89. The quantitative estimate of drug-likeness (QED) is 0.813. The van der Waals surface area contributed by atoms with Crippen LogP contribution >= 0.6 is 11.3 Å². The highest BCUT2D eigenvalue weighted by Gasteiger charge is 2.10. The molecule has 0 spiro atoms. The van der Waals surface area contributed by atoms with Crippen LogP contribution in [0.15, 0.2) is 29.6 Å². The molecule has 0 aliphatic carbocycles. The van der Waals surface area contributed by atoms with Crippen LogP contribution in [0.4, 0.5) is 11.4 Å². The minimum absolute atomic E-state index is 0.719. The lowest BCUT2D eigenvalue weighted by Crippen LogP contribution is -2.01. The van der Waals surface area contributed by atoms with E-state index in [9.17, 15) is 0 Å². The molecular weight excluding hydrogens is 244 g/mol. The third-order valence-corrected chi connectivity index (χ3v) is 3.79. The minimum Gasteiger partial charge on any atom is -0.397 e. The van der Waals surface area contributed by atoms with E-state index in [4.69, 9.17) is 10.5 Å². The van der Waals surface area contributed by atoms with Crippen molar-refractivity contribution >= 4 is 22.7 Å². The number of nitrogen functional groups attached to an aromatic ring is 1. The third-order valence-electron chi connectivity index (χ3n) is 2.89. The number of benzene rings is 1. The summed E-state index contributed by atoms with van der Waals surface area (Å²) in [6.07, 6.45) is 0.893. The molecule has 1 aromatic heterocycles. The summed E-state index contributed by atoms with van der Waals surface area (Å²) in [4.78, 5) is 1.20. The Balaban J connectivity index is 2.43. The van der Waals surface area contributed by atoms with Gasteiger partial charge in [0.15, 0.2) is 0 Å². The Bertz CT molecular complexity index is 509. The molecule has 1 heterocycles. The second-order valence-electron chi connectivity index (χ2n) is 4.07. The van der Waals surface area contributed by atoms with Crippen molar-refractivity contribution in [1.82, 2.24) is 0 Å². The van der Waals surface area contributed by atoms with E-state index in [1.54, 1.807) is 18.4 Å². The Morgan fingerprint density at radius 2 is 2.22 bits per heavy atom. The molecule has 0 atom stereocenters. The maximum Gasteiger partial charge on any atom is 0.0637 e. The van der Waals surface area contributed by atoms with Gasteiger partial charge in [0.2, 0.25) is 0 Å². The Kier molecular flexibility index (Phi) is 4.23. The summed E-state index contributed by atoms with van der Waals surface area (Å²) in [5, 5.41) is 5.22. The smallest absolute Gasteiger partial charge is 0.0637 e. The molecule has 0 amide bonds. The van der Waals surface area contributed by atoms with E-state index >= 15 is 0 Å². The fourth-order valence-corrected chi connectivity index (χ4v) is 2.68. The van der Waals surface area contributed by atoms with Gasteiger partial charge in [-0.1, -0.05) is 6.07 Å². The average Bonchev–Trinajstić information content (AvgIpc) is 2.91. The number of nitrogens with one attached hydrogen (secondary N) is 1. The lowest BCUT2D eigenvalue weighted by atomic mass is 10.0. The number of hydrogen-bond donors (Lipinski definition) is 2. The molecule has 0 saturated carbocycles. The number of rotatable bonds is 5. The molecule has 0 fully saturated rings. The lowest BCUT2D eigenvalue weighted by molar-refractivity contribution is 0.202. The Labute approximate surface area is 112 Å². The van der Waals surface area contributed by atoms with Crippen LogP contribution in [0.2, 0.25) is 0 Å². The van der Waals surface area contributed by atoms with Gasteiger partial charge in [0.25, 0.3) is 0 Å². The minimum atomic E-state index is 0.719. The van der Waals surface area contributed by atoms with E-state index in [-0.39, 0.29) is 0 Å². The molecule has 4 heteroatoms. The number of hydrogen-bond acceptors (Lipinski definition) is 4. The van der Waals surface area contributed by atoms with Crippen LogP contribution in [-0.4, -0.2) is 20.8 Å². The number of methoxy groups -OCH3 is 1. The normalized spacial score (nSPS) is 10.6. The van der Waals surface area contributed by atoms with Gasteiger partial charge in [0.1, 0.15) is 0 Å². The van der Waals surface area contributed by atoms with Crippen molar-refractivity contribution in [2.45, 2.75) is 6.42 Å². The molecule has 0 aliphatic rings. The average molecular weight is 262 g/mol. The van der Waals surface area contributed by atoms with Gasteiger partial charge in [-0.2, -0.15) is 0 Å². The molecule has 18 heavy (non-hydrogen) atoms. The first kappa shape index (κ1) is 12.9. The first-order chi connectivity index (χ1) is 8.76. The summed E-state index contributed by atoms with van der Waals surface area (Å²) in [6, 6.07) is 8.38. The van der Waals surface area contributed by atoms with E-state index in [0.29, 0.717) is 0 Å². The Morgan fingerprint density at radius 1 is 1.39 bits per heavy atom. The van der Waals surface area contributed by atoms with Crippen molar-refractivity contribution in [2.24, 2.45) is 0 Å². The third kappa shape index (κ3) is 2.66. The second kappa shape index (κ2) is 5.89. The summed E-state index contributed by atoms with van der Waals surface area (Å²) in [7, 11) is 3.61. The van der Waals surface area contributed by atoms with Crippen molar-refractivity contribution < 1.29 is 4.74 Å². The van der Waals surface area contributed by atoms with E-state index in [1.807, 2.05) is 13.1 Å². The van der Waals surface area contributed by atoms with Crippen molar-refractivity contribution in [3.63, 3.8) is 0 Å². The van der Waals surface area contributed by atoms with Crippen molar-refractivity contribution in [3.05, 3.63) is 35.2 Å². The van der Waals surface area contributed by atoms with Crippen molar-refractivity contribution in [3.8, 4) is 10.4 Å². The SMILES string of the molecule is CNc1cc(CCOC)cc(-c2cccs2)c1N. The molecule has 0 bridgehead atoms. The maximum absolute atomic E-state index is 6.20. The molecule has 3 N–H and O–H groups in total. The second-order valence-corrected chi connectivity index (χ2v) is 5.02. The van der Waals surface area contributed by atoms with Gasteiger partial charge in [-0.15, -0.1) is 11.3 Å². The van der Waals surface area contributed by atoms with Gasteiger partial charge in [-0.3, -0.25) is 0 Å². The summed E-state index contributed by atoms with van der Waals surface area (Å²) >= 11 is 1.70. The van der Waals surface area contributed by atoms with E-state index in [1.165, 1.54) is 10.4 Å². The standard InChI is InChI=1S/C14H18N2OS/c1-16-12-9-10(5-6-17-2)8-11(14(12)15)13-4-3-7-18-13/h3-4,7-9,16H,5-6,15H2,1-2H3. The van der Waals surface area contributed by atoms with Gasteiger partial charge in [0.05, 0.1) is 18.0 Å². The highest BCUT2D eigenvalue weighted by Crippen LogP contribution is 2.35. The van der Waals surface area contributed by atoms with Gasteiger partial charge < -0.3 is 15.8 Å². The van der Waals surface area contributed by atoms with Crippen LogP contribution in [0.1, 0.15) is 5.56 Å². The van der Waals surface area contributed by atoms with Crippen molar-refractivity contribution in [1.29, 1.82) is 0 Å².